The van der Waals surface area contributed by atoms with Crippen molar-refractivity contribution in [3.63, 3.8) is 0 Å². The molecule has 1 fully saturated rings. The number of carbonyl (C=O) groups excluding carboxylic acids is 3. The maximum atomic E-state index is 13.8. The fourth-order valence-corrected chi connectivity index (χ4v) is 5.93. The molecule has 0 radical (unpaired) electrons. The molecule has 1 aromatic carbocycles. The van der Waals surface area contributed by atoms with Crippen molar-refractivity contribution in [2.24, 2.45) is 0 Å². The van der Waals surface area contributed by atoms with E-state index in [4.69, 9.17) is 4.74 Å². The highest BCUT2D eigenvalue weighted by molar-refractivity contribution is 7.89. The minimum absolute atomic E-state index is 0.0291. The van der Waals surface area contributed by atoms with E-state index in [1.54, 1.807) is 55.8 Å². The van der Waals surface area contributed by atoms with Crippen molar-refractivity contribution in [1.29, 1.82) is 5.26 Å². The summed E-state index contributed by atoms with van der Waals surface area (Å²) < 4.78 is 32.0. The van der Waals surface area contributed by atoms with Crippen molar-refractivity contribution in [2.75, 3.05) is 47.3 Å². The van der Waals surface area contributed by atoms with Gasteiger partial charge in [-0.1, -0.05) is 25.5 Å². The molecular formula is C30H48N6O6S. The lowest BCUT2D eigenvalue weighted by atomic mass is 9.98. The molecule has 12 nitrogen and oxygen atoms in total. The molecule has 3 atom stereocenters. The van der Waals surface area contributed by atoms with Gasteiger partial charge in [-0.2, -0.15) is 5.26 Å². The fourth-order valence-electron chi connectivity index (χ4n) is 4.97. The van der Waals surface area contributed by atoms with Gasteiger partial charge in [0.1, 0.15) is 18.2 Å². The van der Waals surface area contributed by atoms with E-state index >= 15 is 0 Å². The van der Waals surface area contributed by atoms with Crippen LogP contribution in [0.4, 0.5) is 4.79 Å². The molecule has 1 heterocycles. The van der Waals surface area contributed by atoms with Gasteiger partial charge in [0.2, 0.25) is 21.8 Å². The Morgan fingerprint density at radius 2 is 1.91 bits per heavy atom. The largest absolute Gasteiger partial charge is 0.444 e. The molecule has 1 aliphatic rings. The lowest BCUT2D eigenvalue weighted by molar-refractivity contribution is -0.143. The topological polar surface area (TPSA) is 143 Å². The van der Waals surface area contributed by atoms with Crippen LogP contribution in [0.25, 0.3) is 0 Å². The van der Waals surface area contributed by atoms with E-state index < -0.39 is 45.8 Å². The number of hydrogen-bond donors (Lipinski definition) is 1. The molecule has 2 rings (SSSR count). The first-order valence-electron chi connectivity index (χ1n) is 14.7. The summed E-state index contributed by atoms with van der Waals surface area (Å²) in [4.78, 5) is 45.2. The minimum Gasteiger partial charge on any atom is -0.444 e. The number of likely N-dealkylation sites (tertiary alicyclic amines) is 1. The SMILES string of the molecule is CCCCN(CC#N)C(=O)C(CN(C)C1CCCN(C(C)c2cccc(S(=O)(=O)N(C)C)c2)C1=O)NC(=O)OC(C)(C)C. The van der Waals surface area contributed by atoms with Crippen LogP contribution in [0.1, 0.15) is 71.9 Å². The lowest BCUT2D eigenvalue weighted by Crippen LogP contribution is -2.58. The number of sulfonamides is 1. The molecule has 1 aromatic rings. The Hall–Kier alpha value is -3.21. The molecule has 0 aliphatic carbocycles. The van der Waals surface area contributed by atoms with Crippen molar-refractivity contribution in [1.82, 2.24) is 24.3 Å². The first kappa shape index (κ1) is 36.0. The van der Waals surface area contributed by atoms with Gasteiger partial charge in [0, 0.05) is 33.7 Å². The second-order valence-corrected chi connectivity index (χ2v) is 14.3. The first-order chi connectivity index (χ1) is 20.0. The number of hydrogen-bond acceptors (Lipinski definition) is 8. The number of benzene rings is 1. The molecule has 3 amide bonds. The third kappa shape index (κ3) is 9.91. The van der Waals surface area contributed by atoms with E-state index in [1.807, 2.05) is 19.9 Å². The van der Waals surface area contributed by atoms with E-state index in [2.05, 4.69) is 5.32 Å². The van der Waals surface area contributed by atoms with Gasteiger partial charge < -0.3 is 19.9 Å². The second-order valence-electron chi connectivity index (χ2n) is 12.1. The summed E-state index contributed by atoms with van der Waals surface area (Å²) in [7, 11) is 1.04. The van der Waals surface area contributed by atoms with Gasteiger partial charge in [-0.3, -0.25) is 14.5 Å². The summed E-state index contributed by atoms with van der Waals surface area (Å²) in [6.07, 6.45) is 2.03. The maximum absolute atomic E-state index is 13.8. The summed E-state index contributed by atoms with van der Waals surface area (Å²) in [6, 6.07) is 6.63. The predicted molar refractivity (Wildman–Crippen MR) is 163 cm³/mol. The van der Waals surface area contributed by atoms with Gasteiger partial charge in [0.25, 0.3) is 0 Å². The van der Waals surface area contributed by atoms with Crippen LogP contribution in [0.3, 0.4) is 0 Å². The van der Waals surface area contributed by atoms with Crippen molar-refractivity contribution in [3.8, 4) is 6.07 Å². The monoisotopic (exact) mass is 620 g/mol. The normalized spacial score (nSPS) is 17.4. The summed E-state index contributed by atoms with van der Waals surface area (Å²) in [5.41, 5.74) is -0.0839. The summed E-state index contributed by atoms with van der Waals surface area (Å²) in [6.45, 7) is 9.80. The molecule has 0 bridgehead atoms. The molecule has 13 heteroatoms. The van der Waals surface area contributed by atoms with Crippen LogP contribution < -0.4 is 5.32 Å². The van der Waals surface area contributed by atoms with E-state index in [1.165, 1.54) is 25.1 Å². The van der Waals surface area contributed by atoms with Crippen LogP contribution in [0.2, 0.25) is 0 Å². The number of carbonyl (C=O) groups is 3. The quantitative estimate of drug-likeness (QED) is 0.332. The predicted octanol–water partition coefficient (Wildman–Crippen LogP) is 2.97. The fraction of sp³-hybridized carbons (Fsp3) is 0.667. The summed E-state index contributed by atoms with van der Waals surface area (Å²) in [5, 5.41) is 12.0. The zero-order chi connectivity index (χ0) is 32.5. The molecule has 1 N–H and O–H groups in total. The van der Waals surface area contributed by atoms with Crippen LogP contribution >= 0.6 is 0 Å². The summed E-state index contributed by atoms with van der Waals surface area (Å²) in [5.74, 6) is -0.564. The maximum Gasteiger partial charge on any atom is 0.408 e. The number of rotatable bonds is 13. The van der Waals surface area contributed by atoms with Crippen molar-refractivity contribution in [3.05, 3.63) is 29.8 Å². The van der Waals surface area contributed by atoms with Crippen molar-refractivity contribution >= 4 is 27.9 Å². The number of likely N-dealkylation sites (N-methyl/N-ethyl adjacent to an activating group) is 1. The number of unbranched alkanes of at least 4 members (excludes halogenated alkanes) is 1. The van der Waals surface area contributed by atoms with E-state index in [0.717, 1.165) is 10.7 Å². The van der Waals surface area contributed by atoms with Gasteiger partial charge in [-0.25, -0.2) is 17.5 Å². The highest BCUT2D eigenvalue weighted by atomic mass is 32.2. The number of amides is 3. The second kappa shape index (κ2) is 15.5. The zero-order valence-corrected chi connectivity index (χ0v) is 27.6. The van der Waals surface area contributed by atoms with Gasteiger partial charge in [-0.15, -0.1) is 0 Å². The smallest absolute Gasteiger partial charge is 0.408 e. The molecule has 1 saturated heterocycles. The van der Waals surface area contributed by atoms with Crippen LogP contribution in [-0.2, 0) is 24.3 Å². The van der Waals surface area contributed by atoms with Gasteiger partial charge in [-0.05, 0) is 71.7 Å². The third-order valence-electron chi connectivity index (χ3n) is 7.38. The average molecular weight is 621 g/mol. The highest BCUT2D eigenvalue weighted by Crippen LogP contribution is 2.29. The molecule has 43 heavy (non-hydrogen) atoms. The number of nitrogens with one attached hydrogen (secondary N) is 1. The van der Waals surface area contributed by atoms with Crippen molar-refractivity contribution in [2.45, 2.75) is 88.9 Å². The Kier molecular flexibility index (Phi) is 13.0. The Balaban J connectivity index is 2.29. The lowest BCUT2D eigenvalue weighted by Gasteiger charge is -2.41. The Morgan fingerprint density at radius 1 is 1.23 bits per heavy atom. The van der Waals surface area contributed by atoms with Crippen LogP contribution in [-0.4, -0.2) is 110 Å². The number of alkyl carbamates (subject to hydrolysis) is 1. The Bertz CT molecular complexity index is 1270. The Morgan fingerprint density at radius 3 is 2.49 bits per heavy atom. The number of nitriles is 1. The molecule has 0 aromatic heterocycles. The highest BCUT2D eigenvalue weighted by Gasteiger charge is 2.37. The van der Waals surface area contributed by atoms with Crippen molar-refractivity contribution < 1.29 is 27.5 Å². The van der Waals surface area contributed by atoms with Gasteiger partial charge >= 0.3 is 6.09 Å². The number of nitrogens with zero attached hydrogens (tertiary/aromatic N) is 5. The Labute approximate surface area is 257 Å². The zero-order valence-electron chi connectivity index (χ0n) is 26.8. The van der Waals surface area contributed by atoms with Crippen LogP contribution in [0.5, 0.6) is 0 Å². The third-order valence-corrected chi connectivity index (χ3v) is 9.19. The number of piperidine rings is 1. The summed E-state index contributed by atoms with van der Waals surface area (Å²) >= 11 is 0. The van der Waals surface area contributed by atoms with Gasteiger partial charge in [0.15, 0.2) is 0 Å². The first-order valence-corrected chi connectivity index (χ1v) is 16.2. The molecular weight excluding hydrogens is 572 g/mol. The van der Waals surface area contributed by atoms with Crippen LogP contribution in [0, 0.1) is 11.3 Å². The standard InChI is InChI=1S/C30H48N6O6S/c1-9-10-17-35(19-16-31)27(37)25(32-29(39)42-30(3,4)5)21-34(8)26-15-12-18-36(28(26)38)22(2)23-13-11-14-24(20-23)43(40,41)33(6)7/h11,13-14,20,22,25-26H,9-10,12,15,17-19,21H2,1-8H3,(H,32,39). The average Bonchev–Trinajstić information content (AvgIpc) is 2.93. The molecule has 0 spiro atoms. The van der Waals surface area contributed by atoms with Crippen LogP contribution in [0.15, 0.2) is 29.2 Å². The minimum atomic E-state index is -3.64. The molecule has 240 valence electrons. The van der Waals surface area contributed by atoms with E-state index in [-0.39, 0.29) is 23.9 Å². The van der Waals surface area contributed by atoms with E-state index in [0.29, 0.717) is 37.9 Å². The number of ether oxygens (including phenoxy) is 1. The molecule has 1 aliphatic heterocycles. The van der Waals surface area contributed by atoms with E-state index in [9.17, 15) is 28.1 Å². The molecule has 3 unspecified atom stereocenters. The molecule has 0 saturated carbocycles. The van der Waals surface area contributed by atoms with Gasteiger partial charge in [0.05, 0.1) is 23.0 Å².